The Balaban J connectivity index is 2.11. The van der Waals surface area contributed by atoms with Gasteiger partial charge in [-0.3, -0.25) is 0 Å². The van der Waals surface area contributed by atoms with E-state index in [-0.39, 0.29) is 5.75 Å². The van der Waals surface area contributed by atoms with Crippen LogP contribution >= 0.6 is 27.5 Å². The Morgan fingerprint density at radius 2 is 2.00 bits per heavy atom. The molecule has 4 heteroatoms. The topological polar surface area (TPSA) is 32.3 Å². The largest absolute Gasteiger partial charge is 0.508 e. The second-order valence-electron chi connectivity index (χ2n) is 4.09. The van der Waals surface area contributed by atoms with Crippen LogP contribution in [0, 0.1) is 6.92 Å². The minimum absolute atomic E-state index is 0.251. The summed E-state index contributed by atoms with van der Waals surface area (Å²) in [4.78, 5) is 0. The molecule has 0 aliphatic rings. The lowest BCUT2D eigenvalue weighted by atomic mass is 10.2. The zero-order valence-corrected chi connectivity index (χ0v) is 12.2. The molecule has 0 saturated heterocycles. The zero-order chi connectivity index (χ0) is 13.1. The van der Waals surface area contributed by atoms with Crippen molar-refractivity contribution < 1.29 is 5.11 Å². The molecular formula is C14H13BrClNO. The molecule has 0 aliphatic carbocycles. The number of halogens is 2. The molecule has 0 aliphatic heterocycles. The molecule has 0 amide bonds. The van der Waals surface area contributed by atoms with Crippen LogP contribution in [0.3, 0.4) is 0 Å². The highest BCUT2D eigenvalue weighted by Gasteiger charge is 2.03. The van der Waals surface area contributed by atoms with Crippen molar-refractivity contribution in [1.29, 1.82) is 0 Å². The van der Waals surface area contributed by atoms with Gasteiger partial charge in [0, 0.05) is 27.3 Å². The first-order chi connectivity index (χ1) is 8.56. The van der Waals surface area contributed by atoms with E-state index in [2.05, 4.69) is 21.2 Å². The highest BCUT2D eigenvalue weighted by molar-refractivity contribution is 9.10. The van der Waals surface area contributed by atoms with Gasteiger partial charge in [0.05, 0.1) is 0 Å². The van der Waals surface area contributed by atoms with Gasteiger partial charge in [-0.15, -0.1) is 0 Å². The standard InChI is InChI=1S/C14H13BrClNO/c1-9-6-12(3-4-13(9)15)17-8-10-7-11(16)2-5-14(10)18/h2-7,17-18H,8H2,1H3. The third-order valence-corrected chi connectivity index (χ3v) is 3.81. The van der Waals surface area contributed by atoms with Crippen LogP contribution in [-0.2, 0) is 6.54 Å². The van der Waals surface area contributed by atoms with Crippen molar-refractivity contribution in [2.75, 3.05) is 5.32 Å². The summed E-state index contributed by atoms with van der Waals surface area (Å²) in [6.45, 7) is 2.57. The van der Waals surface area contributed by atoms with Gasteiger partial charge in [-0.1, -0.05) is 27.5 Å². The summed E-state index contributed by atoms with van der Waals surface area (Å²) >= 11 is 9.36. The van der Waals surface area contributed by atoms with Crippen molar-refractivity contribution in [2.45, 2.75) is 13.5 Å². The Labute approximate surface area is 120 Å². The SMILES string of the molecule is Cc1cc(NCc2cc(Cl)ccc2O)ccc1Br. The number of nitrogens with one attached hydrogen (secondary N) is 1. The van der Waals surface area contributed by atoms with Gasteiger partial charge < -0.3 is 10.4 Å². The molecule has 18 heavy (non-hydrogen) atoms. The lowest BCUT2D eigenvalue weighted by Gasteiger charge is -2.10. The predicted octanol–water partition coefficient (Wildman–Crippen LogP) is 4.73. The van der Waals surface area contributed by atoms with Crippen LogP contribution in [0.1, 0.15) is 11.1 Å². The smallest absolute Gasteiger partial charge is 0.120 e. The van der Waals surface area contributed by atoms with E-state index in [4.69, 9.17) is 11.6 Å². The fourth-order valence-corrected chi connectivity index (χ4v) is 2.09. The van der Waals surface area contributed by atoms with Gasteiger partial charge in [0.25, 0.3) is 0 Å². The second kappa shape index (κ2) is 5.63. The van der Waals surface area contributed by atoms with Crippen molar-refractivity contribution >= 4 is 33.2 Å². The quantitative estimate of drug-likeness (QED) is 0.854. The van der Waals surface area contributed by atoms with Crippen LogP contribution in [0.25, 0.3) is 0 Å². The molecule has 0 unspecified atom stereocenters. The average Bonchev–Trinajstić information content (AvgIpc) is 2.34. The highest BCUT2D eigenvalue weighted by Crippen LogP contribution is 2.24. The van der Waals surface area contributed by atoms with E-state index in [9.17, 15) is 5.11 Å². The predicted molar refractivity (Wildman–Crippen MR) is 79.3 cm³/mol. The molecule has 2 nitrogen and oxygen atoms in total. The summed E-state index contributed by atoms with van der Waals surface area (Å²) < 4.78 is 1.08. The summed E-state index contributed by atoms with van der Waals surface area (Å²) in [6.07, 6.45) is 0. The van der Waals surface area contributed by atoms with Gasteiger partial charge in [-0.25, -0.2) is 0 Å². The summed E-state index contributed by atoms with van der Waals surface area (Å²) in [5.74, 6) is 0.251. The minimum atomic E-state index is 0.251. The summed E-state index contributed by atoms with van der Waals surface area (Å²) in [5.41, 5.74) is 2.95. The molecule has 0 heterocycles. The van der Waals surface area contributed by atoms with Gasteiger partial charge in [0.15, 0.2) is 0 Å². The number of hydrogen-bond acceptors (Lipinski definition) is 2. The zero-order valence-electron chi connectivity index (χ0n) is 9.87. The van der Waals surface area contributed by atoms with Crippen molar-refractivity contribution in [3.8, 4) is 5.75 Å². The lowest BCUT2D eigenvalue weighted by Crippen LogP contribution is -2.00. The maximum Gasteiger partial charge on any atom is 0.120 e. The molecule has 0 fully saturated rings. The van der Waals surface area contributed by atoms with Gasteiger partial charge in [0.2, 0.25) is 0 Å². The van der Waals surface area contributed by atoms with E-state index in [0.29, 0.717) is 11.6 Å². The molecule has 0 saturated carbocycles. The maximum absolute atomic E-state index is 9.71. The fourth-order valence-electron chi connectivity index (χ4n) is 1.65. The number of phenolic OH excluding ortho intramolecular Hbond substituents is 1. The molecule has 2 N–H and O–H groups in total. The number of aryl methyl sites for hydroxylation is 1. The third-order valence-electron chi connectivity index (χ3n) is 2.68. The van der Waals surface area contributed by atoms with Crippen LogP contribution in [0.15, 0.2) is 40.9 Å². The van der Waals surface area contributed by atoms with E-state index in [1.165, 1.54) is 0 Å². The molecule has 2 aromatic carbocycles. The van der Waals surface area contributed by atoms with E-state index in [1.807, 2.05) is 25.1 Å². The van der Waals surface area contributed by atoms with Crippen LogP contribution in [0.4, 0.5) is 5.69 Å². The Kier molecular flexibility index (Phi) is 4.15. The molecule has 0 spiro atoms. The minimum Gasteiger partial charge on any atom is -0.508 e. The number of rotatable bonds is 3. The number of hydrogen-bond donors (Lipinski definition) is 2. The van der Waals surface area contributed by atoms with Crippen molar-refractivity contribution in [3.05, 3.63) is 57.0 Å². The van der Waals surface area contributed by atoms with Crippen molar-refractivity contribution in [3.63, 3.8) is 0 Å². The highest BCUT2D eigenvalue weighted by atomic mass is 79.9. The summed E-state index contributed by atoms with van der Waals surface area (Å²) in [7, 11) is 0. The first kappa shape index (κ1) is 13.2. The second-order valence-corrected chi connectivity index (χ2v) is 5.38. The van der Waals surface area contributed by atoms with Crippen LogP contribution in [0.5, 0.6) is 5.75 Å². The number of benzene rings is 2. The van der Waals surface area contributed by atoms with E-state index >= 15 is 0 Å². The van der Waals surface area contributed by atoms with Crippen molar-refractivity contribution in [1.82, 2.24) is 0 Å². The monoisotopic (exact) mass is 325 g/mol. The van der Waals surface area contributed by atoms with E-state index in [1.54, 1.807) is 18.2 Å². The Bertz CT molecular complexity index is 572. The molecule has 0 atom stereocenters. The summed E-state index contributed by atoms with van der Waals surface area (Å²) in [5, 5.41) is 13.6. The summed E-state index contributed by atoms with van der Waals surface area (Å²) in [6, 6.07) is 11.1. The number of phenols is 1. The van der Waals surface area contributed by atoms with Gasteiger partial charge >= 0.3 is 0 Å². The first-order valence-electron chi connectivity index (χ1n) is 5.53. The van der Waals surface area contributed by atoms with Gasteiger partial charge in [-0.05, 0) is 48.9 Å². The van der Waals surface area contributed by atoms with Crippen LogP contribution in [-0.4, -0.2) is 5.11 Å². The number of aromatic hydroxyl groups is 1. The molecule has 2 rings (SSSR count). The van der Waals surface area contributed by atoms with Crippen LogP contribution in [0.2, 0.25) is 5.02 Å². The maximum atomic E-state index is 9.71. The molecular weight excluding hydrogens is 314 g/mol. The Hall–Kier alpha value is -1.19. The first-order valence-corrected chi connectivity index (χ1v) is 6.71. The third kappa shape index (κ3) is 3.18. The molecule has 94 valence electrons. The van der Waals surface area contributed by atoms with Gasteiger partial charge in [-0.2, -0.15) is 0 Å². The molecule has 0 bridgehead atoms. The van der Waals surface area contributed by atoms with E-state index < -0.39 is 0 Å². The van der Waals surface area contributed by atoms with Crippen LogP contribution < -0.4 is 5.32 Å². The normalized spacial score (nSPS) is 10.4. The average molecular weight is 327 g/mol. The van der Waals surface area contributed by atoms with Crippen molar-refractivity contribution in [2.24, 2.45) is 0 Å². The molecule has 0 aromatic heterocycles. The fraction of sp³-hybridized carbons (Fsp3) is 0.143. The molecule has 0 radical (unpaired) electrons. The number of anilines is 1. The molecule has 2 aromatic rings. The Morgan fingerprint density at radius 3 is 2.72 bits per heavy atom. The Morgan fingerprint density at radius 1 is 1.22 bits per heavy atom. The van der Waals surface area contributed by atoms with E-state index in [0.717, 1.165) is 21.3 Å². The lowest BCUT2D eigenvalue weighted by molar-refractivity contribution is 0.469. The van der Waals surface area contributed by atoms with Gasteiger partial charge in [0.1, 0.15) is 5.75 Å².